The summed E-state index contributed by atoms with van der Waals surface area (Å²) < 4.78 is 5.11. The summed E-state index contributed by atoms with van der Waals surface area (Å²) in [6.45, 7) is 4.37. The fourth-order valence-electron chi connectivity index (χ4n) is 1.89. The molecule has 0 radical (unpaired) electrons. The Morgan fingerprint density at radius 2 is 2.17 bits per heavy atom. The monoisotopic (exact) mass is 264 g/mol. The first-order chi connectivity index (χ1) is 8.58. The maximum Gasteiger partial charge on any atom is 0.230 e. The SMILES string of the molecule is CC(C)CCc1noc(N)c1-c1cccc(Cl)c1. The lowest BCUT2D eigenvalue weighted by atomic mass is 10.00. The molecule has 96 valence electrons. The number of hydrogen-bond acceptors (Lipinski definition) is 3. The summed E-state index contributed by atoms with van der Waals surface area (Å²) >= 11 is 6.00. The van der Waals surface area contributed by atoms with Crippen LogP contribution in [0, 0.1) is 5.92 Å². The van der Waals surface area contributed by atoms with E-state index in [4.69, 9.17) is 21.9 Å². The quantitative estimate of drug-likeness (QED) is 0.902. The third-order valence-electron chi connectivity index (χ3n) is 2.86. The second-order valence-corrected chi connectivity index (χ2v) is 5.25. The third kappa shape index (κ3) is 2.85. The summed E-state index contributed by atoms with van der Waals surface area (Å²) in [5, 5.41) is 4.73. The van der Waals surface area contributed by atoms with Gasteiger partial charge in [-0.15, -0.1) is 0 Å². The van der Waals surface area contributed by atoms with Crippen LogP contribution in [0.15, 0.2) is 28.8 Å². The van der Waals surface area contributed by atoms with E-state index in [1.165, 1.54) is 0 Å². The van der Waals surface area contributed by atoms with Gasteiger partial charge in [0.15, 0.2) is 0 Å². The number of aryl methyl sites for hydroxylation is 1. The minimum absolute atomic E-state index is 0.357. The van der Waals surface area contributed by atoms with Crippen molar-refractivity contribution in [3.63, 3.8) is 0 Å². The Hall–Kier alpha value is -1.48. The molecule has 0 aliphatic heterocycles. The highest BCUT2D eigenvalue weighted by atomic mass is 35.5. The van der Waals surface area contributed by atoms with Crippen molar-refractivity contribution in [2.24, 2.45) is 5.92 Å². The molecule has 0 saturated heterocycles. The molecule has 2 N–H and O–H groups in total. The van der Waals surface area contributed by atoms with E-state index < -0.39 is 0 Å². The van der Waals surface area contributed by atoms with Gasteiger partial charge >= 0.3 is 0 Å². The van der Waals surface area contributed by atoms with Gasteiger partial charge in [0.2, 0.25) is 5.88 Å². The first-order valence-corrected chi connectivity index (χ1v) is 6.45. The molecule has 0 amide bonds. The zero-order chi connectivity index (χ0) is 13.1. The number of benzene rings is 1. The van der Waals surface area contributed by atoms with E-state index in [-0.39, 0.29) is 0 Å². The van der Waals surface area contributed by atoms with Crippen molar-refractivity contribution in [2.45, 2.75) is 26.7 Å². The molecule has 18 heavy (non-hydrogen) atoms. The molecule has 0 aliphatic carbocycles. The predicted molar refractivity (Wildman–Crippen MR) is 74.5 cm³/mol. The van der Waals surface area contributed by atoms with Gasteiger partial charge in [-0.3, -0.25) is 0 Å². The van der Waals surface area contributed by atoms with E-state index in [2.05, 4.69) is 19.0 Å². The highest BCUT2D eigenvalue weighted by Crippen LogP contribution is 2.32. The molecule has 2 rings (SSSR count). The highest BCUT2D eigenvalue weighted by Gasteiger charge is 2.16. The molecule has 1 heterocycles. The number of hydrogen-bond donors (Lipinski definition) is 1. The summed E-state index contributed by atoms with van der Waals surface area (Å²) in [7, 11) is 0. The van der Waals surface area contributed by atoms with Crippen LogP contribution in [-0.4, -0.2) is 5.16 Å². The van der Waals surface area contributed by atoms with E-state index in [0.717, 1.165) is 29.7 Å². The van der Waals surface area contributed by atoms with E-state index in [0.29, 0.717) is 16.8 Å². The number of anilines is 1. The maximum absolute atomic E-state index is 6.00. The topological polar surface area (TPSA) is 52.0 Å². The summed E-state index contributed by atoms with van der Waals surface area (Å²) in [5.41, 5.74) is 8.60. The van der Waals surface area contributed by atoms with Crippen molar-refractivity contribution in [3.8, 4) is 11.1 Å². The van der Waals surface area contributed by atoms with Crippen LogP contribution in [0.3, 0.4) is 0 Å². The van der Waals surface area contributed by atoms with Crippen molar-refractivity contribution in [1.82, 2.24) is 5.16 Å². The Morgan fingerprint density at radius 3 is 2.83 bits per heavy atom. The summed E-state index contributed by atoms with van der Waals surface area (Å²) in [6.07, 6.45) is 1.92. The van der Waals surface area contributed by atoms with Crippen LogP contribution in [0.1, 0.15) is 26.0 Å². The van der Waals surface area contributed by atoms with E-state index in [1.807, 2.05) is 24.3 Å². The molecular formula is C14H17ClN2O. The zero-order valence-electron chi connectivity index (χ0n) is 10.6. The van der Waals surface area contributed by atoms with Gasteiger partial charge in [-0.05, 0) is 36.5 Å². The molecule has 1 aromatic heterocycles. The molecule has 0 fully saturated rings. The summed E-state index contributed by atoms with van der Waals surface area (Å²) in [5.74, 6) is 0.978. The second-order valence-electron chi connectivity index (χ2n) is 4.81. The molecule has 0 bridgehead atoms. The normalized spacial score (nSPS) is 11.1. The molecule has 0 saturated carbocycles. The van der Waals surface area contributed by atoms with Crippen LogP contribution in [0.4, 0.5) is 5.88 Å². The lowest BCUT2D eigenvalue weighted by Crippen LogP contribution is -1.95. The molecule has 1 aromatic carbocycles. The van der Waals surface area contributed by atoms with Gasteiger partial charge in [-0.25, -0.2) is 0 Å². The Balaban J connectivity index is 2.34. The second kappa shape index (κ2) is 5.44. The van der Waals surface area contributed by atoms with Crippen molar-refractivity contribution < 1.29 is 4.52 Å². The number of nitrogen functional groups attached to an aromatic ring is 1. The van der Waals surface area contributed by atoms with Crippen LogP contribution < -0.4 is 5.73 Å². The van der Waals surface area contributed by atoms with E-state index in [9.17, 15) is 0 Å². The minimum atomic E-state index is 0.357. The van der Waals surface area contributed by atoms with Crippen molar-refractivity contribution >= 4 is 17.5 Å². The number of rotatable bonds is 4. The first-order valence-electron chi connectivity index (χ1n) is 6.08. The molecule has 0 spiro atoms. The van der Waals surface area contributed by atoms with Crippen LogP contribution in [0.5, 0.6) is 0 Å². The first kappa shape index (κ1) is 13.0. The molecule has 3 nitrogen and oxygen atoms in total. The fraction of sp³-hybridized carbons (Fsp3) is 0.357. The Labute approximate surface area is 112 Å². The lowest BCUT2D eigenvalue weighted by molar-refractivity contribution is 0.423. The molecule has 2 aromatic rings. The molecule has 4 heteroatoms. The molecule has 0 unspecified atom stereocenters. The average molecular weight is 265 g/mol. The van der Waals surface area contributed by atoms with E-state index >= 15 is 0 Å². The average Bonchev–Trinajstić information content (AvgIpc) is 2.68. The predicted octanol–water partition coefficient (Wildman–Crippen LogP) is 4.17. The van der Waals surface area contributed by atoms with Gasteiger partial charge in [0, 0.05) is 5.02 Å². The smallest absolute Gasteiger partial charge is 0.230 e. The van der Waals surface area contributed by atoms with Crippen LogP contribution in [0.25, 0.3) is 11.1 Å². The lowest BCUT2D eigenvalue weighted by Gasteiger charge is -2.05. The van der Waals surface area contributed by atoms with Crippen molar-refractivity contribution in [2.75, 3.05) is 5.73 Å². The highest BCUT2D eigenvalue weighted by molar-refractivity contribution is 6.30. The zero-order valence-corrected chi connectivity index (χ0v) is 11.4. The summed E-state index contributed by atoms with van der Waals surface area (Å²) in [4.78, 5) is 0. The standard InChI is InChI=1S/C14H17ClN2O/c1-9(2)6-7-12-13(14(16)18-17-12)10-4-3-5-11(15)8-10/h3-5,8-9H,6-7,16H2,1-2H3. The van der Waals surface area contributed by atoms with Gasteiger partial charge in [0.1, 0.15) is 0 Å². The third-order valence-corrected chi connectivity index (χ3v) is 3.10. The van der Waals surface area contributed by atoms with E-state index in [1.54, 1.807) is 0 Å². The van der Waals surface area contributed by atoms with Crippen LogP contribution in [-0.2, 0) is 6.42 Å². The van der Waals surface area contributed by atoms with Gasteiger partial charge < -0.3 is 10.3 Å². The Kier molecular flexibility index (Phi) is 3.92. The fourth-order valence-corrected chi connectivity index (χ4v) is 2.08. The number of nitrogens with two attached hydrogens (primary N) is 1. The van der Waals surface area contributed by atoms with Gasteiger partial charge in [0.05, 0.1) is 11.3 Å². The number of nitrogens with zero attached hydrogens (tertiary/aromatic N) is 1. The van der Waals surface area contributed by atoms with Gasteiger partial charge in [0.25, 0.3) is 0 Å². The largest absolute Gasteiger partial charge is 0.367 e. The van der Waals surface area contributed by atoms with Crippen LogP contribution in [0.2, 0.25) is 5.02 Å². The van der Waals surface area contributed by atoms with Gasteiger partial charge in [-0.2, -0.15) is 0 Å². The molecule has 0 aliphatic rings. The van der Waals surface area contributed by atoms with Crippen molar-refractivity contribution in [3.05, 3.63) is 35.0 Å². The van der Waals surface area contributed by atoms with Gasteiger partial charge in [-0.1, -0.05) is 42.7 Å². The number of halogens is 1. The van der Waals surface area contributed by atoms with Crippen LogP contribution >= 0.6 is 11.6 Å². The maximum atomic E-state index is 6.00. The summed E-state index contributed by atoms with van der Waals surface area (Å²) in [6, 6.07) is 7.58. The Morgan fingerprint density at radius 1 is 1.39 bits per heavy atom. The van der Waals surface area contributed by atoms with Crippen molar-refractivity contribution in [1.29, 1.82) is 0 Å². The Bertz CT molecular complexity index is 534. The molecular weight excluding hydrogens is 248 g/mol. The molecule has 0 atom stereocenters. The number of aromatic nitrogens is 1. The minimum Gasteiger partial charge on any atom is -0.367 e.